The molecular formula is C23H20BrN3OS2. The summed E-state index contributed by atoms with van der Waals surface area (Å²) in [6.07, 6.45) is 2.19. The number of amides is 1. The Balaban J connectivity index is 1.52. The van der Waals surface area contributed by atoms with Crippen LogP contribution in [0.5, 0.6) is 0 Å². The smallest absolute Gasteiger partial charge is 0.229 e. The normalized spacial score (nSPS) is 11.0. The van der Waals surface area contributed by atoms with Gasteiger partial charge in [0.25, 0.3) is 0 Å². The van der Waals surface area contributed by atoms with E-state index in [1.165, 1.54) is 21.8 Å². The van der Waals surface area contributed by atoms with E-state index < -0.39 is 0 Å². The predicted octanol–water partition coefficient (Wildman–Crippen LogP) is 6.48. The highest BCUT2D eigenvalue weighted by molar-refractivity contribution is 9.10. The Morgan fingerprint density at radius 3 is 2.73 bits per heavy atom. The quantitative estimate of drug-likeness (QED) is 0.274. The number of nitrogens with zero attached hydrogens (tertiary/aromatic N) is 3. The largest absolute Gasteiger partial charge is 0.282 e. The van der Waals surface area contributed by atoms with Crippen LogP contribution in [-0.2, 0) is 11.3 Å². The molecule has 0 fully saturated rings. The zero-order valence-electron chi connectivity index (χ0n) is 16.4. The van der Waals surface area contributed by atoms with Crippen LogP contribution in [0.25, 0.3) is 10.2 Å². The maximum Gasteiger partial charge on any atom is 0.229 e. The number of fused-ring (bicyclic) bond motifs is 1. The lowest BCUT2D eigenvalue weighted by Gasteiger charge is -2.19. The minimum atomic E-state index is 0.0541. The molecule has 0 spiro atoms. The van der Waals surface area contributed by atoms with Gasteiger partial charge in [0.05, 0.1) is 22.5 Å². The van der Waals surface area contributed by atoms with E-state index in [0.29, 0.717) is 18.1 Å². The van der Waals surface area contributed by atoms with E-state index in [1.807, 2.05) is 36.4 Å². The number of pyridine rings is 1. The molecule has 7 heteroatoms. The fourth-order valence-electron chi connectivity index (χ4n) is 2.94. The van der Waals surface area contributed by atoms with Gasteiger partial charge in [-0.3, -0.25) is 14.7 Å². The monoisotopic (exact) mass is 497 g/mol. The van der Waals surface area contributed by atoms with Gasteiger partial charge in [-0.25, -0.2) is 4.98 Å². The first-order chi connectivity index (χ1) is 14.6. The molecule has 0 aliphatic carbocycles. The molecule has 0 saturated heterocycles. The van der Waals surface area contributed by atoms with E-state index in [9.17, 15) is 4.79 Å². The summed E-state index contributed by atoms with van der Waals surface area (Å²) in [5, 5.41) is 0.707. The van der Waals surface area contributed by atoms with E-state index in [2.05, 4.69) is 52.1 Å². The molecule has 4 nitrogen and oxygen atoms in total. The molecule has 152 valence electrons. The highest BCUT2D eigenvalue weighted by atomic mass is 79.9. The Morgan fingerprint density at radius 2 is 1.97 bits per heavy atom. The summed E-state index contributed by atoms with van der Waals surface area (Å²) < 4.78 is 2.05. The predicted molar refractivity (Wildman–Crippen MR) is 129 cm³/mol. The summed E-state index contributed by atoms with van der Waals surface area (Å²) in [5.74, 6) is 0.773. The summed E-state index contributed by atoms with van der Waals surface area (Å²) in [4.78, 5) is 25.2. The Hall–Kier alpha value is -2.22. The maximum absolute atomic E-state index is 13.2. The molecule has 0 aliphatic rings. The average molecular weight is 498 g/mol. The van der Waals surface area contributed by atoms with Crippen LogP contribution in [-0.4, -0.2) is 21.6 Å². The Bertz CT molecular complexity index is 1150. The SMILES string of the molecule is Cc1ccc(SCCC(=O)N(Cc2ccccn2)c2nc3ccc(Br)cc3s2)cc1. The van der Waals surface area contributed by atoms with Crippen molar-refractivity contribution in [3.8, 4) is 0 Å². The second kappa shape index (κ2) is 9.73. The average Bonchev–Trinajstić information content (AvgIpc) is 3.17. The number of hydrogen-bond donors (Lipinski definition) is 0. The molecule has 0 saturated carbocycles. The third-order valence-electron chi connectivity index (χ3n) is 4.52. The van der Waals surface area contributed by atoms with Crippen LogP contribution in [0.15, 0.2) is 76.2 Å². The fourth-order valence-corrected chi connectivity index (χ4v) is 5.32. The summed E-state index contributed by atoms with van der Waals surface area (Å²) in [6, 6.07) is 20.1. The molecular weight excluding hydrogens is 478 g/mol. The van der Waals surface area contributed by atoms with E-state index in [1.54, 1.807) is 22.9 Å². The molecule has 0 aliphatic heterocycles. The number of thiazole rings is 1. The number of thioether (sulfide) groups is 1. The van der Waals surface area contributed by atoms with Gasteiger partial charge in [-0.15, -0.1) is 11.8 Å². The third kappa shape index (κ3) is 5.28. The molecule has 0 bridgehead atoms. The van der Waals surface area contributed by atoms with Crippen molar-refractivity contribution >= 4 is 60.3 Å². The summed E-state index contributed by atoms with van der Waals surface area (Å²) in [7, 11) is 0. The van der Waals surface area contributed by atoms with E-state index in [-0.39, 0.29) is 5.91 Å². The fraction of sp³-hybridized carbons (Fsp3) is 0.174. The number of carbonyl (C=O) groups excluding carboxylic acids is 1. The minimum Gasteiger partial charge on any atom is -0.282 e. The molecule has 30 heavy (non-hydrogen) atoms. The standard InChI is InChI=1S/C23H20BrN3OS2/c1-16-5-8-19(9-6-16)29-13-11-22(28)27(15-18-4-2-3-12-25-18)23-26-20-10-7-17(24)14-21(20)30-23/h2-10,12,14H,11,13,15H2,1H3. The number of aryl methyl sites for hydroxylation is 1. The molecule has 0 N–H and O–H groups in total. The van der Waals surface area contributed by atoms with Crippen LogP contribution in [0.2, 0.25) is 0 Å². The summed E-state index contributed by atoms with van der Waals surface area (Å²) in [5.41, 5.74) is 2.97. The van der Waals surface area contributed by atoms with Gasteiger partial charge in [-0.2, -0.15) is 0 Å². The van der Waals surface area contributed by atoms with Gasteiger partial charge in [-0.1, -0.05) is 51.0 Å². The van der Waals surface area contributed by atoms with Crippen LogP contribution < -0.4 is 4.90 Å². The number of hydrogen-bond acceptors (Lipinski definition) is 5. The van der Waals surface area contributed by atoms with Crippen molar-refractivity contribution in [3.05, 3.63) is 82.6 Å². The van der Waals surface area contributed by atoms with Crippen LogP contribution in [0.4, 0.5) is 5.13 Å². The van der Waals surface area contributed by atoms with Crippen LogP contribution in [0.3, 0.4) is 0 Å². The number of anilines is 1. The van der Waals surface area contributed by atoms with Crippen molar-refractivity contribution in [2.45, 2.75) is 24.8 Å². The lowest BCUT2D eigenvalue weighted by molar-refractivity contribution is -0.118. The number of halogens is 1. The zero-order chi connectivity index (χ0) is 20.9. The molecule has 0 atom stereocenters. The zero-order valence-corrected chi connectivity index (χ0v) is 19.6. The molecule has 0 unspecified atom stereocenters. The van der Waals surface area contributed by atoms with Crippen LogP contribution in [0.1, 0.15) is 17.7 Å². The number of rotatable bonds is 7. The highest BCUT2D eigenvalue weighted by Crippen LogP contribution is 2.32. The van der Waals surface area contributed by atoms with Gasteiger partial charge >= 0.3 is 0 Å². The van der Waals surface area contributed by atoms with Gasteiger partial charge in [0.1, 0.15) is 0 Å². The lowest BCUT2D eigenvalue weighted by atomic mass is 10.2. The molecule has 0 radical (unpaired) electrons. The summed E-state index contributed by atoms with van der Waals surface area (Å²) in [6.45, 7) is 2.49. The minimum absolute atomic E-state index is 0.0541. The third-order valence-corrected chi connectivity index (χ3v) is 7.07. The van der Waals surface area contributed by atoms with Crippen LogP contribution in [0, 0.1) is 6.92 Å². The van der Waals surface area contributed by atoms with Crippen LogP contribution >= 0.6 is 39.0 Å². The number of carbonyl (C=O) groups is 1. The van der Waals surface area contributed by atoms with Crippen molar-refractivity contribution in [3.63, 3.8) is 0 Å². The Kier molecular flexibility index (Phi) is 6.82. The van der Waals surface area contributed by atoms with E-state index in [4.69, 9.17) is 4.98 Å². The summed E-state index contributed by atoms with van der Waals surface area (Å²) >= 11 is 6.73. The first kappa shape index (κ1) is 21.0. The molecule has 4 aromatic rings. The second-order valence-corrected chi connectivity index (χ2v) is 9.91. The van der Waals surface area contributed by atoms with Gasteiger partial charge in [0, 0.05) is 27.7 Å². The van der Waals surface area contributed by atoms with Crippen molar-refractivity contribution in [2.75, 3.05) is 10.7 Å². The van der Waals surface area contributed by atoms with Gasteiger partial charge < -0.3 is 0 Å². The van der Waals surface area contributed by atoms with Gasteiger partial charge in [0.2, 0.25) is 5.91 Å². The molecule has 2 heterocycles. The Labute approximate surface area is 192 Å². The number of aromatic nitrogens is 2. The van der Waals surface area contributed by atoms with E-state index >= 15 is 0 Å². The first-order valence-electron chi connectivity index (χ1n) is 9.54. The topological polar surface area (TPSA) is 46.1 Å². The van der Waals surface area contributed by atoms with Crippen molar-refractivity contribution in [1.82, 2.24) is 9.97 Å². The molecule has 2 aromatic carbocycles. The Morgan fingerprint density at radius 1 is 1.13 bits per heavy atom. The molecule has 2 aromatic heterocycles. The second-order valence-electron chi connectivity index (χ2n) is 6.82. The highest BCUT2D eigenvalue weighted by Gasteiger charge is 2.20. The van der Waals surface area contributed by atoms with Crippen molar-refractivity contribution in [1.29, 1.82) is 0 Å². The van der Waals surface area contributed by atoms with Gasteiger partial charge in [-0.05, 0) is 49.4 Å². The van der Waals surface area contributed by atoms with E-state index in [0.717, 1.165) is 26.1 Å². The van der Waals surface area contributed by atoms with Crippen molar-refractivity contribution < 1.29 is 4.79 Å². The molecule has 4 rings (SSSR count). The van der Waals surface area contributed by atoms with Crippen molar-refractivity contribution in [2.24, 2.45) is 0 Å². The number of benzene rings is 2. The van der Waals surface area contributed by atoms with Gasteiger partial charge in [0.15, 0.2) is 5.13 Å². The molecule has 1 amide bonds. The lowest BCUT2D eigenvalue weighted by Crippen LogP contribution is -2.30. The maximum atomic E-state index is 13.2. The first-order valence-corrected chi connectivity index (χ1v) is 12.1.